The van der Waals surface area contributed by atoms with Crippen molar-refractivity contribution in [3.8, 4) is 0 Å². The molecule has 1 unspecified atom stereocenters. The summed E-state index contributed by atoms with van der Waals surface area (Å²) in [5, 5.41) is 2.93. The first-order valence-electron chi connectivity index (χ1n) is 5.50. The van der Waals surface area contributed by atoms with Crippen LogP contribution in [0.5, 0.6) is 0 Å². The fourth-order valence-electron chi connectivity index (χ4n) is 1.20. The van der Waals surface area contributed by atoms with Crippen LogP contribution >= 0.6 is 27.7 Å². The van der Waals surface area contributed by atoms with Gasteiger partial charge in [0, 0.05) is 21.1 Å². The van der Waals surface area contributed by atoms with Crippen LogP contribution < -0.4 is 11.1 Å². The zero-order chi connectivity index (χ0) is 12.8. The number of halogens is 1. The molecule has 0 saturated heterocycles. The number of nitrogen functional groups attached to an aromatic ring is 1. The van der Waals surface area contributed by atoms with Crippen LogP contribution in [-0.2, 0) is 4.79 Å². The molecule has 5 heteroatoms. The van der Waals surface area contributed by atoms with Gasteiger partial charge in [-0.1, -0.05) is 6.92 Å². The lowest BCUT2D eigenvalue weighted by molar-refractivity contribution is -0.119. The monoisotopic (exact) mass is 316 g/mol. The lowest BCUT2D eigenvalue weighted by atomic mass is 10.3. The van der Waals surface area contributed by atoms with Crippen molar-refractivity contribution in [3.63, 3.8) is 0 Å². The molecule has 1 amide bonds. The van der Waals surface area contributed by atoms with Crippen LogP contribution in [0.15, 0.2) is 27.6 Å². The number of nitrogens with one attached hydrogen (secondary N) is 1. The first-order valence-corrected chi connectivity index (χ1v) is 7.28. The highest BCUT2D eigenvalue weighted by Crippen LogP contribution is 2.28. The van der Waals surface area contributed by atoms with E-state index in [0.717, 1.165) is 15.8 Å². The molecule has 0 heterocycles. The molecular weight excluding hydrogens is 300 g/mol. The number of nitrogens with two attached hydrogens (primary N) is 1. The average molecular weight is 317 g/mol. The highest BCUT2D eigenvalue weighted by atomic mass is 79.9. The molecule has 0 spiro atoms. The first kappa shape index (κ1) is 14.4. The van der Waals surface area contributed by atoms with E-state index >= 15 is 0 Å². The first-order chi connectivity index (χ1) is 8.02. The number of carbonyl (C=O) groups excluding carboxylic acids is 1. The maximum absolute atomic E-state index is 11.6. The molecule has 0 aromatic heterocycles. The van der Waals surface area contributed by atoms with Gasteiger partial charge >= 0.3 is 0 Å². The Hall–Kier alpha value is -0.680. The number of benzene rings is 1. The van der Waals surface area contributed by atoms with Gasteiger partial charge in [0.2, 0.25) is 5.91 Å². The van der Waals surface area contributed by atoms with Gasteiger partial charge in [-0.05, 0) is 47.5 Å². The molecule has 1 atom stereocenters. The Labute approximate surface area is 115 Å². The topological polar surface area (TPSA) is 55.1 Å². The minimum Gasteiger partial charge on any atom is -0.399 e. The van der Waals surface area contributed by atoms with Crippen LogP contribution in [0.2, 0.25) is 0 Å². The molecule has 94 valence electrons. The van der Waals surface area contributed by atoms with Crippen molar-refractivity contribution in [2.45, 2.75) is 31.2 Å². The second kappa shape index (κ2) is 6.91. The number of anilines is 1. The Balaban J connectivity index is 2.47. The van der Waals surface area contributed by atoms with E-state index in [9.17, 15) is 4.79 Å². The van der Waals surface area contributed by atoms with E-state index in [2.05, 4.69) is 28.2 Å². The van der Waals surface area contributed by atoms with Crippen LogP contribution in [0.1, 0.15) is 20.3 Å². The molecule has 0 bridgehead atoms. The molecule has 0 fully saturated rings. The third kappa shape index (κ3) is 5.00. The molecular formula is C12H17BrN2OS. The van der Waals surface area contributed by atoms with Crippen LogP contribution in [0, 0.1) is 0 Å². The van der Waals surface area contributed by atoms with Crippen LogP contribution in [0.25, 0.3) is 0 Å². The fraction of sp³-hybridized carbons (Fsp3) is 0.417. The quantitative estimate of drug-likeness (QED) is 0.648. The van der Waals surface area contributed by atoms with Crippen molar-refractivity contribution >= 4 is 39.3 Å². The number of carbonyl (C=O) groups is 1. The molecule has 0 aliphatic rings. The standard InChI is InChI=1S/C12H17BrN2OS/c1-3-8(2)15-12(16)7-17-11-5-4-9(14)6-10(11)13/h4-6,8H,3,7,14H2,1-2H3,(H,15,16). The molecule has 3 nitrogen and oxygen atoms in total. The third-order valence-corrected chi connectivity index (χ3v) is 4.33. The van der Waals surface area contributed by atoms with Crippen molar-refractivity contribution in [3.05, 3.63) is 22.7 Å². The van der Waals surface area contributed by atoms with Gasteiger partial charge in [0.1, 0.15) is 0 Å². The van der Waals surface area contributed by atoms with E-state index in [1.54, 1.807) is 0 Å². The summed E-state index contributed by atoms with van der Waals surface area (Å²) in [6.07, 6.45) is 0.946. The molecule has 1 aromatic carbocycles. The predicted molar refractivity (Wildman–Crippen MR) is 77.2 cm³/mol. The van der Waals surface area contributed by atoms with Gasteiger partial charge in [0.25, 0.3) is 0 Å². The van der Waals surface area contributed by atoms with Crippen LogP contribution in [-0.4, -0.2) is 17.7 Å². The summed E-state index contributed by atoms with van der Waals surface area (Å²) in [7, 11) is 0. The van der Waals surface area contributed by atoms with Crippen molar-refractivity contribution in [1.29, 1.82) is 0 Å². The number of rotatable bonds is 5. The molecule has 0 aliphatic heterocycles. The van der Waals surface area contributed by atoms with Gasteiger partial charge in [-0.15, -0.1) is 11.8 Å². The summed E-state index contributed by atoms with van der Waals surface area (Å²) < 4.78 is 0.929. The maximum Gasteiger partial charge on any atom is 0.230 e. The smallest absolute Gasteiger partial charge is 0.230 e. The summed E-state index contributed by atoms with van der Waals surface area (Å²) in [6, 6.07) is 5.83. The Morgan fingerprint density at radius 2 is 2.29 bits per heavy atom. The van der Waals surface area contributed by atoms with Gasteiger partial charge in [-0.3, -0.25) is 4.79 Å². The Kier molecular flexibility index (Phi) is 5.85. The van der Waals surface area contributed by atoms with Gasteiger partial charge in [0.15, 0.2) is 0 Å². The minimum absolute atomic E-state index is 0.0630. The zero-order valence-corrected chi connectivity index (χ0v) is 12.4. The van der Waals surface area contributed by atoms with Crippen molar-refractivity contribution in [1.82, 2.24) is 5.32 Å². The number of amides is 1. The normalized spacial score (nSPS) is 12.2. The van der Waals surface area contributed by atoms with E-state index in [1.807, 2.05) is 25.1 Å². The lowest BCUT2D eigenvalue weighted by Crippen LogP contribution is -2.33. The SMILES string of the molecule is CCC(C)NC(=O)CSc1ccc(N)cc1Br. The van der Waals surface area contributed by atoms with Crippen LogP contribution in [0.4, 0.5) is 5.69 Å². The zero-order valence-electron chi connectivity index (χ0n) is 10.00. The summed E-state index contributed by atoms with van der Waals surface area (Å²) in [5.41, 5.74) is 6.36. The van der Waals surface area contributed by atoms with E-state index in [0.29, 0.717) is 11.4 Å². The van der Waals surface area contributed by atoms with Gasteiger partial charge < -0.3 is 11.1 Å². The van der Waals surface area contributed by atoms with Crippen molar-refractivity contribution in [2.75, 3.05) is 11.5 Å². The van der Waals surface area contributed by atoms with Crippen LogP contribution in [0.3, 0.4) is 0 Å². The molecule has 3 N–H and O–H groups in total. The molecule has 0 aliphatic carbocycles. The molecule has 0 radical (unpaired) electrons. The van der Waals surface area contributed by atoms with E-state index in [4.69, 9.17) is 5.73 Å². The largest absolute Gasteiger partial charge is 0.399 e. The maximum atomic E-state index is 11.6. The van der Waals surface area contributed by atoms with E-state index in [-0.39, 0.29) is 11.9 Å². The summed E-state index contributed by atoms with van der Waals surface area (Å²) in [6.45, 7) is 4.05. The van der Waals surface area contributed by atoms with Crippen molar-refractivity contribution in [2.24, 2.45) is 0 Å². The predicted octanol–water partition coefficient (Wildman–Crippen LogP) is 3.04. The highest BCUT2D eigenvalue weighted by Gasteiger charge is 2.07. The Morgan fingerprint density at radius 3 is 2.88 bits per heavy atom. The van der Waals surface area contributed by atoms with Gasteiger partial charge in [-0.2, -0.15) is 0 Å². The minimum atomic E-state index is 0.0630. The third-order valence-electron chi connectivity index (χ3n) is 2.33. The van der Waals surface area contributed by atoms with Gasteiger partial charge in [-0.25, -0.2) is 0 Å². The Bertz CT molecular complexity index is 398. The lowest BCUT2D eigenvalue weighted by Gasteiger charge is -2.11. The fourth-order valence-corrected chi connectivity index (χ4v) is 2.67. The molecule has 17 heavy (non-hydrogen) atoms. The average Bonchev–Trinajstić information content (AvgIpc) is 2.27. The highest BCUT2D eigenvalue weighted by molar-refractivity contribution is 9.10. The van der Waals surface area contributed by atoms with E-state index < -0.39 is 0 Å². The second-order valence-corrected chi connectivity index (χ2v) is 5.73. The number of thioether (sulfide) groups is 1. The summed E-state index contributed by atoms with van der Waals surface area (Å²) in [5.74, 6) is 0.487. The van der Waals surface area contributed by atoms with Gasteiger partial charge in [0.05, 0.1) is 5.75 Å². The summed E-state index contributed by atoms with van der Waals surface area (Å²) >= 11 is 4.93. The Morgan fingerprint density at radius 1 is 1.59 bits per heavy atom. The summed E-state index contributed by atoms with van der Waals surface area (Å²) in [4.78, 5) is 12.6. The number of hydrogen-bond donors (Lipinski definition) is 2. The molecule has 0 saturated carbocycles. The van der Waals surface area contributed by atoms with E-state index in [1.165, 1.54) is 11.8 Å². The second-order valence-electron chi connectivity index (χ2n) is 3.86. The molecule has 1 rings (SSSR count). The van der Waals surface area contributed by atoms with Crippen molar-refractivity contribution < 1.29 is 4.79 Å². The number of hydrogen-bond acceptors (Lipinski definition) is 3. The molecule has 1 aromatic rings.